The van der Waals surface area contributed by atoms with Crippen LogP contribution >= 0.6 is 0 Å². The predicted octanol–water partition coefficient (Wildman–Crippen LogP) is 3.90. The summed E-state index contributed by atoms with van der Waals surface area (Å²) in [5.41, 5.74) is 2.51. The van der Waals surface area contributed by atoms with Crippen molar-refractivity contribution in [2.45, 2.75) is 13.5 Å². The van der Waals surface area contributed by atoms with E-state index in [9.17, 15) is 0 Å². The quantitative estimate of drug-likeness (QED) is 0.561. The zero-order chi connectivity index (χ0) is 18.9. The number of methoxy groups -OCH3 is 1. The van der Waals surface area contributed by atoms with Gasteiger partial charge in [-0.3, -0.25) is 0 Å². The van der Waals surface area contributed by atoms with E-state index in [2.05, 4.69) is 39.7 Å². The molecule has 0 spiro atoms. The fourth-order valence-electron chi connectivity index (χ4n) is 2.56. The molecule has 0 fully saturated rings. The maximum atomic E-state index is 5.70. The molecule has 0 amide bonds. The molecule has 1 heterocycles. The largest absolute Gasteiger partial charge is 0.497 e. The van der Waals surface area contributed by atoms with Crippen molar-refractivity contribution in [2.75, 3.05) is 30.9 Å². The van der Waals surface area contributed by atoms with E-state index in [-0.39, 0.29) is 0 Å². The molecule has 0 aliphatic rings. The summed E-state index contributed by atoms with van der Waals surface area (Å²) >= 11 is 0. The van der Waals surface area contributed by atoms with Crippen LogP contribution in [0.4, 0.5) is 11.6 Å². The number of hydrogen-bond acceptors (Lipinski definition) is 6. The lowest BCUT2D eigenvalue weighted by atomic mass is 10.1. The summed E-state index contributed by atoms with van der Waals surface area (Å²) in [6.07, 6.45) is 1.55. The highest BCUT2D eigenvalue weighted by atomic mass is 16.5. The maximum Gasteiger partial charge on any atom is 0.131 e. The van der Waals surface area contributed by atoms with Crippen molar-refractivity contribution in [3.05, 3.63) is 72.1 Å². The Labute approximate surface area is 159 Å². The first-order valence-corrected chi connectivity index (χ1v) is 8.86. The van der Waals surface area contributed by atoms with E-state index in [4.69, 9.17) is 9.47 Å². The van der Waals surface area contributed by atoms with E-state index in [0.29, 0.717) is 13.2 Å². The van der Waals surface area contributed by atoms with Crippen LogP contribution in [0.1, 0.15) is 11.1 Å². The Morgan fingerprint density at radius 3 is 2.33 bits per heavy atom. The second-order valence-corrected chi connectivity index (χ2v) is 6.02. The zero-order valence-corrected chi connectivity index (χ0v) is 15.6. The lowest BCUT2D eigenvalue weighted by Gasteiger charge is -2.11. The van der Waals surface area contributed by atoms with Gasteiger partial charge in [0.1, 0.15) is 36.1 Å². The summed E-state index contributed by atoms with van der Waals surface area (Å²) in [4.78, 5) is 8.52. The van der Waals surface area contributed by atoms with Gasteiger partial charge in [0, 0.05) is 12.6 Å². The van der Waals surface area contributed by atoms with Crippen LogP contribution in [0, 0.1) is 6.92 Å². The standard InChI is InChI=1S/C21H24N4O2/c1-16-5-3-4-6-17(16)14-23-21-13-20(24-15-25-21)22-11-12-27-19-9-7-18(26-2)8-10-19/h3-10,13,15H,11-12,14H2,1-2H3,(H2,22,23,24,25). The summed E-state index contributed by atoms with van der Waals surface area (Å²) < 4.78 is 10.8. The molecule has 0 unspecified atom stereocenters. The average Bonchev–Trinajstić information content (AvgIpc) is 2.71. The van der Waals surface area contributed by atoms with Crippen LogP contribution in [0.25, 0.3) is 0 Å². The number of anilines is 2. The third-order valence-corrected chi connectivity index (χ3v) is 4.12. The van der Waals surface area contributed by atoms with Gasteiger partial charge >= 0.3 is 0 Å². The van der Waals surface area contributed by atoms with Gasteiger partial charge in [0.2, 0.25) is 0 Å². The molecular formula is C21H24N4O2. The molecule has 27 heavy (non-hydrogen) atoms. The van der Waals surface area contributed by atoms with Crippen molar-refractivity contribution in [3.63, 3.8) is 0 Å². The van der Waals surface area contributed by atoms with Crippen LogP contribution < -0.4 is 20.1 Å². The molecule has 2 aromatic carbocycles. The van der Waals surface area contributed by atoms with E-state index in [1.54, 1.807) is 13.4 Å². The SMILES string of the molecule is COc1ccc(OCCNc2cc(NCc3ccccc3C)ncn2)cc1. The predicted molar refractivity (Wildman–Crippen MR) is 108 cm³/mol. The molecule has 3 aromatic rings. The Kier molecular flexibility index (Phi) is 6.46. The molecule has 0 saturated carbocycles. The number of nitrogens with one attached hydrogen (secondary N) is 2. The van der Waals surface area contributed by atoms with Crippen molar-refractivity contribution in [2.24, 2.45) is 0 Å². The van der Waals surface area contributed by atoms with Crippen molar-refractivity contribution in [3.8, 4) is 11.5 Å². The first kappa shape index (κ1) is 18.5. The minimum Gasteiger partial charge on any atom is -0.497 e. The normalized spacial score (nSPS) is 10.3. The van der Waals surface area contributed by atoms with E-state index < -0.39 is 0 Å². The van der Waals surface area contributed by atoms with Crippen LogP contribution in [-0.2, 0) is 6.54 Å². The van der Waals surface area contributed by atoms with Gasteiger partial charge in [0.15, 0.2) is 0 Å². The highest BCUT2D eigenvalue weighted by Gasteiger charge is 2.01. The Hall–Kier alpha value is -3.28. The van der Waals surface area contributed by atoms with E-state index in [0.717, 1.165) is 29.7 Å². The van der Waals surface area contributed by atoms with Crippen molar-refractivity contribution < 1.29 is 9.47 Å². The number of rotatable bonds is 9. The highest BCUT2D eigenvalue weighted by Crippen LogP contribution is 2.17. The number of ether oxygens (including phenoxy) is 2. The Bertz CT molecular complexity index is 853. The molecule has 0 saturated heterocycles. The Morgan fingerprint density at radius 2 is 1.59 bits per heavy atom. The summed E-state index contributed by atoms with van der Waals surface area (Å²) in [6.45, 7) is 4.00. The molecule has 0 radical (unpaired) electrons. The number of aryl methyl sites for hydroxylation is 1. The number of aromatic nitrogens is 2. The number of nitrogens with zero attached hydrogens (tertiary/aromatic N) is 2. The lowest BCUT2D eigenvalue weighted by molar-refractivity contribution is 0.331. The Balaban J connectivity index is 1.45. The fraction of sp³-hybridized carbons (Fsp3) is 0.238. The zero-order valence-electron chi connectivity index (χ0n) is 15.6. The van der Waals surface area contributed by atoms with Crippen molar-refractivity contribution in [1.29, 1.82) is 0 Å². The van der Waals surface area contributed by atoms with Crippen LogP contribution in [0.3, 0.4) is 0 Å². The van der Waals surface area contributed by atoms with Gasteiger partial charge in [0.05, 0.1) is 13.7 Å². The fourth-order valence-corrected chi connectivity index (χ4v) is 2.56. The second-order valence-electron chi connectivity index (χ2n) is 6.02. The summed E-state index contributed by atoms with van der Waals surface area (Å²) in [5, 5.41) is 6.58. The topological polar surface area (TPSA) is 68.3 Å². The highest BCUT2D eigenvalue weighted by molar-refractivity contribution is 5.47. The van der Waals surface area contributed by atoms with E-state index in [1.165, 1.54) is 11.1 Å². The van der Waals surface area contributed by atoms with Gasteiger partial charge in [0.25, 0.3) is 0 Å². The van der Waals surface area contributed by atoms with Crippen LogP contribution in [0.15, 0.2) is 60.9 Å². The number of benzene rings is 2. The van der Waals surface area contributed by atoms with Gasteiger partial charge in [-0.15, -0.1) is 0 Å². The number of hydrogen-bond donors (Lipinski definition) is 2. The molecule has 2 N–H and O–H groups in total. The molecule has 0 bridgehead atoms. The van der Waals surface area contributed by atoms with Crippen LogP contribution in [0.2, 0.25) is 0 Å². The third kappa shape index (κ3) is 5.60. The summed E-state index contributed by atoms with van der Waals surface area (Å²) in [7, 11) is 1.64. The van der Waals surface area contributed by atoms with Gasteiger partial charge in [-0.05, 0) is 42.3 Å². The van der Waals surface area contributed by atoms with Crippen molar-refractivity contribution in [1.82, 2.24) is 9.97 Å². The Morgan fingerprint density at radius 1 is 0.889 bits per heavy atom. The molecule has 140 valence electrons. The maximum absolute atomic E-state index is 5.70. The summed E-state index contributed by atoms with van der Waals surface area (Å²) in [6, 6.07) is 17.7. The minimum atomic E-state index is 0.530. The molecular weight excluding hydrogens is 340 g/mol. The van der Waals surface area contributed by atoms with Gasteiger partial charge in [-0.1, -0.05) is 24.3 Å². The first-order chi connectivity index (χ1) is 13.2. The van der Waals surface area contributed by atoms with Crippen LogP contribution in [-0.4, -0.2) is 30.2 Å². The molecule has 0 atom stereocenters. The van der Waals surface area contributed by atoms with E-state index >= 15 is 0 Å². The molecule has 3 rings (SSSR count). The molecule has 6 nitrogen and oxygen atoms in total. The molecule has 0 aliphatic heterocycles. The van der Waals surface area contributed by atoms with Gasteiger partial charge in [-0.25, -0.2) is 9.97 Å². The van der Waals surface area contributed by atoms with Gasteiger partial charge < -0.3 is 20.1 Å². The molecule has 1 aromatic heterocycles. The molecule has 6 heteroatoms. The second kappa shape index (κ2) is 9.43. The molecule has 0 aliphatic carbocycles. The van der Waals surface area contributed by atoms with E-state index in [1.807, 2.05) is 42.5 Å². The lowest BCUT2D eigenvalue weighted by Crippen LogP contribution is -2.13. The van der Waals surface area contributed by atoms with Crippen LogP contribution in [0.5, 0.6) is 11.5 Å². The monoisotopic (exact) mass is 364 g/mol. The minimum absolute atomic E-state index is 0.530. The average molecular weight is 364 g/mol. The third-order valence-electron chi connectivity index (χ3n) is 4.12. The van der Waals surface area contributed by atoms with Gasteiger partial charge in [-0.2, -0.15) is 0 Å². The van der Waals surface area contributed by atoms with Crippen molar-refractivity contribution >= 4 is 11.6 Å². The smallest absolute Gasteiger partial charge is 0.131 e. The summed E-state index contributed by atoms with van der Waals surface area (Å²) in [5.74, 6) is 3.16. The first-order valence-electron chi connectivity index (χ1n) is 8.86.